The van der Waals surface area contributed by atoms with E-state index in [1.807, 2.05) is 26.0 Å². The number of benzene rings is 1. The number of nitrogens with zero attached hydrogens (tertiary/aromatic N) is 5. The van der Waals surface area contributed by atoms with Crippen LogP contribution < -0.4 is 10.9 Å². The van der Waals surface area contributed by atoms with E-state index in [4.69, 9.17) is 0 Å². The molecule has 0 atom stereocenters. The van der Waals surface area contributed by atoms with Crippen LogP contribution in [0.2, 0.25) is 0 Å². The van der Waals surface area contributed by atoms with Crippen LogP contribution in [0.15, 0.2) is 53.5 Å². The number of rotatable bonds is 6. The number of carbonyl (C=O) groups excluding carboxylic acids is 2. The number of hydrogen-bond donors (Lipinski definition) is 1. The van der Waals surface area contributed by atoms with Crippen LogP contribution in [-0.4, -0.2) is 41.9 Å². The minimum atomic E-state index is -0.519. The normalized spacial score (nSPS) is 15.0. The number of halogens is 1. The number of pyridine rings is 1. The van der Waals surface area contributed by atoms with Crippen LogP contribution >= 0.6 is 0 Å². The van der Waals surface area contributed by atoms with Crippen molar-refractivity contribution in [2.75, 3.05) is 5.32 Å². The first-order valence-electron chi connectivity index (χ1n) is 12.3. The molecule has 188 valence electrons. The Balaban J connectivity index is 1.46. The third kappa shape index (κ3) is 4.08. The number of anilines is 1. The summed E-state index contributed by atoms with van der Waals surface area (Å²) >= 11 is 0. The van der Waals surface area contributed by atoms with Crippen molar-refractivity contribution in [3.63, 3.8) is 0 Å². The van der Waals surface area contributed by atoms with Crippen LogP contribution in [0.1, 0.15) is 54.2 Å². The van der Waals surface area contributed by atoms with Crippen LogP contribution in [0.5, 0.6) is 0 Å². The van der Waals surface area contributed by atoms with Gasteiger partial charge in [-0.2, -0.15) is 9.61 Å². The van der Waals surface area contributed by atoms with Gasteiger partial charge in [-0.15, -0.1) is 0 Å². The van der Waals surface area contributed by atoms with Crippen molar-refractivity contribution >= 4 is 23.3 Å². The van der Waals surface area contributed by atoms with Crippen LogP contribution in [0, 0.1) is 5.82 Å². The molecule has 1 aliphatic carbocycles. The average molecular weight is 501 g/mol. The fourth-order valence-corrected chi connectivity index (χ4v) is 4.85. The molecule has 0 saturated heterocycles. The summed E-state index contributed by atoms with van der Waals surface area (Å²) in [5.74, 6) is -0.558. The third-order valence-corrected chi connectivity index (χ3v) is 6.92. The lowest BCUT2D eigenvalue weighted by Gasteiger charge is -2.20. The predicted octanol–water partition coefficient (Wildman–Crippen LogP) is 3.58. The highest BCUT2D eigenvalue weighted by Gasteiger charge is 2.36. The van der Waals surface area contributed by atoms with Crippen molar-refractivity contribution in [3.05, 3.63) is 81.7 Å². The predicted molar refractivity (Wildman–Crippen MR) is 135 cm³/mol. The number of fused-ring (bicyclic) bond motifs is 2. The Morgan fingerprint density at radius 1 is 1.16 bits per heavy atom. The van der Waals surface area contributed by atoms with Crippen LogP contribution in [0.4, 0.5) is 10.2 Å². The molecular formula is C27H25FN6O3. The van der Waals surface area contributed by atoms with Gasteiger partial charge in [-0.3, -0.25) is 14.4 Å². The van der Waals surface area contributed by atoms with E-state index in [2.05, 4.69) is 27.5 Å². The Morgan fingerprint density at radius 3 is 2.68 bits per heavy atom. The fourth-order valence-electron chi connectivity index (χ4n) is 4.85. The summed E-state index contributed by atoms with van der Waals surface area (Å²) in [5.41, 5.74) is 3.16. The smallest absolute Gasteiger partial charge is 0.280 e. The van der Waals surface area contributed by atoms with Gasteiger partial charge in [-0.25, -0.2) is 9.37 Å². The van der Waals surface area contributed by atoms with E-state index in [1.165, 1.54) is 35.1 Å². The summed E-state index contributed by atoms with van der Waals surface area (Å²) in [7, 11) is 0. The highest BCUT2D eigenvalue weighted by Crippen LogP contribution is 2.41. The second kappa shape index (κ2) is 8.65. The Hall–Kier alpha value is -4.34. The van der Waals surface area contributed by atoms with Gasteiger partial charge in [-0.1, -0.05) is 18.2 Å². The average Bonchev–Trinajstić information content (AvgIpc) is 3.53. The molecule has 4 aromatic rings. The van der Waals surface area contributed by atoms with E-state index in [0.717, 1.165) is 11.8 Å². The van der Waals surface area contributed by atoms with Gasteiger partial charge in [-0.05, 0) is 56.4 Å². The quantitative estimate of drug-likeness (QED) is 0.436. The zero-order chi connectivity index (χ0) is 25.8. The Bertz CT molecular complexity index is 1620. The summed E-state index contributed by atoms with van der Waals surface area (Å²) in [6.45, 7) is 3.65. The molecular weight excluding hydrogens is 475 g/mol. The molecule has 1 saturated carbocycles. The number of nitrogens with one attached hydrogen (secondary N) is 1. The molecule has 1 aliphatic heterocycles. The molecule has 1 aromatic carbocycles. The minimum Gasteiger partial charge on any atom is -0.330 e. The van der Waals surface area contributed by atoms with E-state index in [1.54, 1.807) is 15.5 Å². The molecule has 1 N–H and O–H groups in total. The van der Waals surface area contributed by atoms with Crippen molar-refractivity contribution in [1.82, 2.24) is 24.1 Å². The topological polar surface area (TPSA) is 102 Å². The zero-order valence-electron chi connectivity index (χ0n) is 20.4. The summed E-state index contributed by atoms with van der Waals surface area (Å²) in [5, 5.41) is 7.24. The molecule has 37 heavy (non-hydrogen) atoms. The molecule has 0 spiro atoms. The second-order valence-electron chi connectivity index (χ2n) is 9.85. The van der Waals surface area contributed by atoms with Crippen LogP contribution in [0.3, 0.4) is 0 Å². The van der Waals surface area contributed by atoms with Crippen molar-refractivity contribution in [3.8, 4) is 11.3 Å². The second-order valence-corrected chi connectivity index (χ2v) is 9.85. The first kappa shape index (κ1) is 23.1. The molecule has 2 amide bonds. The highest BCUT2D eigenvalue weighted by molar-refractivity contribution is 5.98. The Kier molecular flexibility index (Phi) is 5.40. The van der Waals surface area contributed by atoms with E-state index in [-0.39, 0.29) is 42.1 Å². The minimum absolute atomic E-state index is 0.127. The lowest BCUT2D eigenvalue weighted by Crippen LogP contribution is -2.32. The van der Waals surface area contributed by atoms with Gasteiger partial charge in [0.25, 0.3) is 11.5 Å². The first-order chi connectivity index (χ1) is 17.8. The summed E-state index contributed by atoms with van der Waals surface area (Å²) in [4.78, 5) is 45.4. The Morgan fingerprint density at radius 2 is 1.97 bits per heavy atom. The van der Waals surface area contributed by atoms with Gasteiger partial charge >= 0.3 is 0 Å². The molecule has 0 bridgehead atoms. The molecule has 2 aliphatic rings. The highest BCUT2D eigenvalue weighted by atomic mass is 19.1. The molecule has 10 heteroatoms. The van der Waals surface area contributed by atoms with Crippen LogP contribution in [-0.2, 0) is 17.9 Å². The van der Waals surface area contributed by atoms with Gasteiger partial charge in [0.15, 0.2) is 0 Å². The van der Waals surface area contributed by atoms with Gasteiger partial charge in [0.05, 0.1) is 24.0 Å². The van der Waals surface area contributed by atoms with E-state index < -0.39 is 11.7 Å². The monoisotopic (exact) mass is 500 g/mol. The molecule has 9 nitrogen and oxygen atoms in total. The maximum atomic E-state index is 13.5. The SMILES string of the molecule is CC(C)N1Cc2c(n(CC(=O)Nc3ccc(F)cn3)c3cc(-c4cccc(C5CC5)c4)nn3c2=O)C1=O. The van der Waals surface area contributed by atoms with Crippen LogP contribution in [0.25, 0.3) is 16.9 Å². The standard InChI is InChI=1S/C27H25FN6O3/c1-15(2)32-13-20-25(27(32)37)33(14-23(35)30-22-9-8-19(28)12-29-22)24-11-21(31-34(24)26(20)36)18-5-3-4-17(10-18)16-6-7-16/h3-5,8-12,15-16H,6-7,13-14H2,1-2H3,(H,29,30,35). The van der Waals surface area contributed by atoms with Crippen molar-refractivity contribution < 1.29 is 14.0 Å². The number of amides is 2. The number of carbonyl (C=O) groups is 2. The largest absolute Gasteiger partial charge is 0.330 e. The molecule has 3 aromatic heterocycles. The van der Waals surface area contributed by atoms with E-state index in [0.29, 0.717) is 22.8 Å². The van der Waals surface area contributed by atoms with E-state index in [9.17, 15) is 18.8 Å². The third-order valence-electron chi connectivity index (χ3n) is 6.92. The lowest BCUT2D eigenvalue weighted by molar-refractivity contribution is -0.116. The van der Waals surface area contributed by atoms with Gasteiger partial charge < -0.3 is 14.8 Å². The lowest BCUT2D eigenvalue weighted by atomic mass is 10.1. The maximum Gasteiger partial charge on any atom is 0.280 e. The van der Waals surface area contributed by atoms with Crippen molar-refractivity contribution in [1.29, 1.82) is 0 Å². The molecule has 6 rings (SSSR count). The fraction of sp³-hybridized carbons (Fsp3) is 0.296. The zero-order valence-corrected chi connectivity index (χ0v) is 20.4. The van der Waals surface area contributed by atoms with Gasteiger partial charge in [0.2, 0.25) is 5.91 Å². The van der Waals surface area contributed by atoms with Crippen molar-refractivity contribution in [2.45, 2.75) is 51.7 Å². The van der Waals surface area contributed by atoms with Gasteiger partial charge in [0.1, 0.15) is 29.5 Å². The molecule has 1 fully saturated rings. The van der Waals surface area contributed by atoms with Crippen molar-refractivity contribution in [2.24, 2.45) is 0 Å². The van der Waals surface area contributed by atoms with Gasteiger partial charge in [0, 0.05) is 17.7 Å². The molecule has 0 radical (unpaired) electrons. The summed E-state index contributed by atoms with van der Waals surface area (Å²) < 4.78 is 16.1. The first-order valence-corrected chi connectivity index (χ1v) is 12.3. The summed E-state index contributed by atoms with van der Waals surface area (Å²) in [6.07, 6.45) is 3.34. The molecule has 4 heterocycles. The summed E-state index contributed by atoms with van der Waals surface area (Å²) in [6, 6.07) is 12.3. The number of hydrogen-bond acceptors (Lipinski definition) is 5. The maximum absolute atomic E-state index is 13.5. The number of aromatic nitrogens is 4. The van der Waals surface area contributed by atoms with E-state index >= 15 is 0 Å². The Labute approximate surface area is 211 Å². The molecule has 0 unspecified atom stereocenters.